The van der Waals surface area contributed by atoms with E-state index in [4.69, 9.17) is 4.74 Å². The molecule has 6 heteroatoms. The smallest absolute Gasteiger partial charge is 0.411 e. The van der Waals surface area contributed by atoms with Gasteiger partial charge in [0, 0.05) is 13.0 Å². The van der Waals surface area contributed by atoms with Crippen LogP contribution < -0.4 is 0 Å². The van der Waals surface area contributed by atoms with Crippen molar-refractivity contribution in [1.82, 2.24) is 4.90 Å². The number of thiophene rings is 1. The summed E-state index contributed by atoms with van der Waals surface area (Å²) in [6, 6.07) is 1.90. The second kappa shape index (κ2) is 5.67. The number of carboxylic acids is 1. The minimum Gasteiger partial charge on any atom is -0.479 e. The largest absolute Gasteiger partial charge is 0.479 e. The second-order valence-electron chi connectivity index (χ2n) is 6.38. The SMILES string of the molecule is CC(C)(C)OC(=O)N1CCC[C@@]1(Cc1ccsc1)C(=O)O. The predicted molar refractivity (Wildman–Crippen MR) is 80.6 cm³/mol. The van der Waals surface area contributed by atoms with Crippen molar-refractivity contribution in [2.24, 2.45) is 0 Å². The van der Waals surface area contributed by atoms with E-state index in [-0.39, 0.29) is 0 Å². The lowest BCUT2D eigenvalue weighted by molar-refractivity contribution is -0.149. The summed E-state index contributed by atoms with van der Waals surface area (Å²) in [5.74, 6) is -0.961. The first-order chi connectivity index (χ1) is 9.74. The summed E-state index contributed by atoms with van der Waals surface area (Å²) >= 11 is 1.53. The van der Waals surface area contributed by atoms with Crippen molar-refractivity contribution >= 4 is 23.4 Å². The zero-order chi connectivity index (χ0) is 15.7. The first-order valence-electron chi connectivity index (χ1n) is 7.00. The van der Waals surface area contributed by atoms with Gasteiger partial charge in [0.2, 0.25) is 0 Å². The summed E-state index contributed by atoms with van der Waals surface area (Å²) in [6.07, 6.45) is 0.913. The van der Waals surface area contributed by atoms with E-state index in [0.29, 0.717) is 25.8 Å². The van der Waals surface area contributed by atoms with E-state index in [2.05, 4.69) is 0 Å². The molecule has 2 heterocycles. The summed E-state index contributed by atoms with van der Waals surface area (Å²) in [6.45, 7) is 5.76. The molecule has 1 amide bonds. The molecule has 1 fully saturated rings. The average molecular weight is 311 g/mol. The normalized spacial score (nSPS) is 22.3. The summed E-state index contributed by atoms with van der Waals surface area (Å²) in [5.41, 5.74) is -0.881. The van der Waals surface area contributed by atoms with Gasteiger partial charge < -0.3 is 9.84 Å². The Morgan fingerprint density at radius 3 is 2.71 bits per heavy atom. The van der Waals surface area contributed by atoms with Crippen LogP contribution in [0.5, 0.6) is 0 Å². The number of rotatable bonds is 3. The Morgan fingerprint density at radius 1 is 1.48 bits per heavy atom. The standard InChI is InChI=1S/C15H21NO4S/c1-14(2,3)20-13(19)16-7-4-6-15(16,12(17)18)9-11-5-8-21-10-11/h5,8,10H,4,6-7,9H2,1-3H3,(H,17,18)/t15-/m1/s1. The quantitative estimate of drug-likeness (QED) is 0.931. The van der Waals surface area contributed by atoms with Gasteiger partial charge in [-0.05, 0) is 56.0 Å². The number of carboxylic acid groups (broad SMARTS) is 1. The molecule has 116 valence electrons. The molecule has 1 aromatic heterocycles. The molecule has 2 rings (SSSR count). The highest BCUT2D eigenvalue weighted by Crippen LogP contribution is 2.35. The van der Waals surface area contributed by atoms with Gasteiger partial charge in [-0.3, -0.25) is 4.90 Å². The van der Waals surface area contributed by atoms with Crippen molar-refractivity contribution in [2.75, 3.05) is 6.54 Å². The summed E-state index contributed by atoms with van der Waals surface area (Å²) in [7, 11) is 0. The Bertz CT molecular complexity index is 520. The van der Waals surface area contributed by atoms with Crippen LogP contribution in [0.2, 0.25) is 0 Å². The van der Waals surface area contributed by atoms with Crippen LogP contribution in [0.15, 0.2) is 16.8 Å². The highest BCUT2D eigenvalue weighted by atomic mass is 32.1. The summed E-state index contributed by atoms with van der Waals surface area (Å²) in [4.78, 5) is 25.6. The lowest BCUT2D eigenvalue weighted by Crippen LogP contribution is -2.55. The van der Waals surface area contributed by atoms with E-state index in [1.165, 1.54) is 16.2 Å². The zero-order valence-electron chi connectivity index (χ0n) is 12.6. The van der Waals surface area contributed by atoms with Crippen molar-refractivity contribution < 1.29 is 19.4 Å². The second-order valence-corrected chi connectivity index (χ2v) is 7.16. The van der Waals surface area contributed by atoms with Crippen molar-refractivity contribution in [2.45, 2.75) is 51.2 Å². The number of hydrogen-bond donors (Lipinski definition) is 1. The van der Waals surface area contributed by atoms with Crippen molar-refractivity contribution in [1.29, 1.82) is 0 Å². The number of ether oxygens (including phenoxy) is 1. The molecule has 0 spiro atoms. The van der Waals surface area contributed by atoms with Gasteiger partial charge in [0.15, 0.2) is 0 Å². The lowest BCUT2D eigenvalue weighted by Gasteiger charge is -2.35. The van der Waals surface area contributed by atoms with Crippen LogP contribution >= 0.6 is 11.3 Å². The Kier molecular flexibility index (Phi) is 4.27. The van der Waals surface area contributed by atoms with Crippen LogP contribution in [0.4, 0.5) is 4.79 Å². The highest BCUT2D eigenvalue weighted by Gasteiger charge is 2.51. The molecule has 21 heavy (non-hydrogen) atoms. The van der Waals surface area contributed by atoms with Gasteiger partial charge in [-0.1, -0.05) is 0 Å². The van der Waals surface area contributed by atoms with E-state index in [9.17, 15) is 14.7 Å². The molecule has 5 nitrogen and oxygen atoms in total. The Morgan fingerprint density at radius 2 is 2.19 bits per heavy atom. The number of carbonyl (C=O) groups is 2. The molecular weight excluding hydrogens is 290 g/mol. The van der Waals surface area contributed by atoms with E-state index in [1.54, 1.807) is 20.8 Å². The molecule has 1 aliphatic heterocycles. The first-order valence-corrected chi connectivity index (χ1v) is 7.94. The fraction of sp³-hybridized carbons (Fsp3) is 0.600. The first kappa shape index (κ1) is 15.8. The maximum Gasteiger partial charge on any atom is 0.411 e. The van der Waals surface area contributed by atoms with Gasteiger partial charge in [-0.25, -0.2) is 9.59 Å². The third-order valence-corrected chi connectivity index (χ3v) is 4.31. The highest BCUT2D eigenvalue weighted by molar-refractivity contribution is 7.07. The van der Waals surface area contributed by atoms with Crippen LogP contribution in [0.25, 0.3) is 0 Å². The number of nitrogens with zero attached hydrogens (tertiary/aromatic N) is 1. The average Bonchev–Trinajstić information content (AvgIpc) is 2.96. The summed E-state index contributed by atoms with van der Waals surface area (Å²) in [5, 5.41) is 13.6. The van der Waals surface area contributed by atoms with Crippen molar-refractivity contribution in [3.63, 3.8) is 0 Å². The number of hydrogen-bond acceptors (Lipinski definition) is 4. The molecule has 0 aromatic carbocycles. The van der Waals surface area contributed by atoms with Crippen LogP contribution in [0.1, 0.15) is 39.2 Å². The molecule has 1 aliphatic rings. The van der Waals surface area contributed by atoms with Crippen LogP contribution in [-0.2, 0) is 16.0 Å². The molecule has 0 radical (unpaired) electrons. The van der Waals surface area contributed by atoms with Crippen LogP contribution in [0, 0.1) is 0 Å². The van der Waals surface area contributed by atoms with E-state index in [0.717, 1.165) is 5.56 Å². The molecule has 0 bridgehead atoms. The Balaban J connectivity index is 2.26. The van der Waals surface area contributed by atoms with Crippen LogP contribution in [0.3, 0.4) is 0 Å². The number of aliphatic carboxylic acids is 1. The fourth-order valence-electron chi connectivity index (χ4n) is 2.67. The molecule has 1 saturated heterocycles. The number of amides is 1. The minimum absolute atomic E-state index is 0.324. The van der Waals surface area contributed by atoms with E-state index >= 15 is 0 Å². The maximum atomic E-state index is 12.4. The topological polar surface area (TPSA) is 66.8 Å². The maximum absolute atomic E-state index is 12.4. The minimum atomic E-state index is -1.19. The molecular formula is C15H21NO4S. The third-order valence-electron chi connectivity index (χ3n) is 3.58. The number of likely N-dealkylation sites (tertiary alicyclic amines) is 1. The fourth-order valence-corrected chi connectivity index (χ4v) is 3.34. The molecule has 0 saturated carbocycles. The van der Waals surface area contributed by atoms with Crippen LogP contribution in [-0.4, -0.2) is 39.8 Å². The Labute approximate surface area is 128 Å². The monoisotopic (exact) mass is 311 g/mol. The lowest BCUT2D eigenvalue weighted by atomic mass is 9.89. The molecule has 1 atom stereocenters. The van der Waals surface area contributed by atoms with Crippen molar-refractivity contribution in [3.8, 4) is 0 Å². The van der Waals surface area contributed by atoms with E-state index in [1.807, 2.05) is 16.8 Å². The number of carbonyl (C=O) groups excluding carboxylic acids is 1. The molecule has 1 N–H and O–H groups in total. The molecule has 0 unspecified atom stereocenters. The van der Waals surface area contributed by atoms with Gasteiger partial charge >= 0.3 is 12.1 Å². The van der Waals surface area contributed by atoms with Gasteiger partial charge in [-0.15, -0.1) is 0 Å². The van der Waals surface area contributed by atoms with Gasteiger partial charge in [0.05, 0.1) is 0 Å². The Hall–Kier alpha value is -1.56. The predicted octanol–water partition coefficient (Wildman–Crippen LogP) is 3.14. The van der Waals surface area contributed by atoms with Gasteiger partial charge in [-0.2, -0.15) is 11.3 Å². The third kappa shape index (κ3) is 3.37. The van der Waals surface area contributed by atoms with Gasteiger partial charge in [0.1, 0.15) is 11.1 Å². The van der Waals surface area contributed by atoms with Gasteiger partial charge in [0.25, 0.3) is 0 Å². The molecule has 0 aliphatic carbocycles. The van der Waals surface area contributed by atoms with E-state index < -0.39 is 23.2 Å². The van der Waals surface area contributed by atoms with Crippen molar-refractivity contribution in [3.05, 3.63) is 22.4 Å². The molecule has 1 aromatic rings. The summed E-state index contributed by atoms with van der Waals surface area (Å²) < 4.78 is 5.37. The zero-order valence-corrected chi connectivity index (χ0v) is 13.4.